The predicted molar refractivity (Wildman–Crippen MR) is 68.8 cm³/mol. The quantitative estimate of drug-likeness (QED) is 0.724. The van der Waals surface area contributed by atoms with Gasteiger partial charge < -0.3 is 4.90 Å². The normalized spacial score (nSPS) is 20.2. The second-order valence-electron chi connectivity index (χ2n) is 4.11. The molecule has 0 saturated carbocycles. The van der Waals surface area contributed by atoms with Crippen LogP contribution in [-0.2, 0) is 0 Å². The lowest BCUT2D eigenvalue weighted by atomic mass is 10.2. The average Bonchev–Trinajstić information content (AvgIpc) is 2.63. The van der Waals surface area contributed by atoms with Crippen LogP contribution in [0.25, 0.3) is 0 Å². The highest BCUT2D eigenvalue weighted by atomic mass is 127. The zero-order valence-corrected chi connectivity index (χ0v) is 11.2. The molecule has 86 valence electrons. The van der Waals surface area contributed by atoms with E-state index in [9.17, 15) is 9.18 Å². The molecule has 0 radical (unpaired) electrons. The first-order valence-electron chi connectivity index (χ1n) is 5.35. The van der Waals surface area contributed by atoms with Gasteiger partial charge in [-0.15, -0.1) is 0 Å². The van der Waals surface area contributed by atoms with E-state index in [-0.39, 0.29) is 11.7 Å². The van der Waals surface area contributed by atoms with E-state index in [2.05, 4.69) is 6.92 Å². The van der Waals surface area contributed by atoms with Gasteiger partial charge in [0.2, 0.25) is 0 Å². The van der Waals surface area contributed by atoms with Gasteiger partial charge in [0.15, 0.2) is 0 Å². The van der Waals surface area contributed by atoms with Crippen molar-refractivity contribution < 1.29 is 9.18 Å². The third-order valence-electron chi connectivity index (χ3n) is 2.98. The Morgan fingerprint density at radius 3 is 2.88 bits per heavy atom. The number of rotatable bonds is 1. The maximum atomic E-state index is 12.9. The summed E-state index contributed by atoms with van der Waals surface area (Å²) in [5, 5.41) is 0. The van der Waals surface area contributed by atoms with Gasteiger partial charge in [-0.25, -0.2) is 4.39 Å². The molecular formula is C12H13FINO. The van der Waals surface area contributed by atoms with Gasteiger partial charge in [0.05, 0.1) is 5.56 Å². The largest absolute Gasteiger partial charge is 0.336 e. The average molecular weight is 333 g/mol. The van der Waals surface area contributed by atoms with Gasteiger partial charge in [-0.2, -0.15) is 0 Å². The molecule has 0 aromatic heterocycles. The molecule has 1 aromatic carbocycles. The Labute approximate surface area is 108 Å². The Bertz CT molecular complexity index is 421. The van der Waals surface area contributed by atoms with Crippen molar-refractivity contribution in [1.82, 2.24) is 4.90 Å². The molecular weight excluding hydrogens is 320 g/mol. The van der Waals surface area contributed by atoms with E-state index in [0.29, 0.717) is 15.2 Å². The summed E-state index contributed by atoms with van der Waals surface area (Å²) in [5.74, 6) is -0.273. The molecule has 1 aliphatic rings. The van der Waals surface area contributed by atoms with E-state index in [0.717, 1.165) is 19.4 Å². The molecule has 0 aliphatic carbocycles. The number of hydrogen-bond donors (Lipinski definition) is 0. The van der Waals surface area contributed by atoms with Crippen molar-refractivity contribution in [2.24, 2.45) is 0 Å². The van der Waals surface area contributed by atoms with Gasteiger partial charge in [-0.1, -0.05) is 0 Å². The molecule has 1 aromatic rings. The van der Waals surface area contributed by atoms with Crippen LogP contribution in [0.4, 0.5) is 4.39 Å². The number of likely N-dealkylation sites (tertiary alicyclic amines) is 1. The number of nitrogens with zero attached hydrogens (tertiary/aromatic N) is 1. The Hall–Kier alpha value is -0.650. The van der Waals surface area contributed by atoms with E-state index in [4.69, 9.17) is 0 Å². The number of halogens is 2. The highest BCUT2D eigenvalue weighted by Gasteiger charge is 2.27. The van der Waals surface area contributed by atoms with Gasteiger partial charge in [0.1, 0.15) is 5.82 Å². The first-order valence-corrected chi connectivity index (χ1v) is 6.43. The van der Waals surface area contributed by atoms with Crippen molar-refractivity contribution in [2.75, 3.05) is 6.54 Å². The van der Waals surface area contributed by atoms with Crippen LogP contribution in [0.1, 0.15) is 30.1 Å². The Morgan fingerprint density at radius 2 is 2.31 bits per heavy atom. The van der Waals surface area contributed by atoms with Gasteiger partial charge in [-0.05, 0) is 60.6 Å². The summed E-state index contributed by atoms with van der Waals surface area (Å²) in [6, 6.07) is 4.61. The first-order chi connectivity index (χ1) is 7.59. The topological polar surface area (TPSA) is 20.3 Å². The fraction of sp³-hybridized carbons (Fsp3) is 0.417. The Morgan fingerprint density at radius 1 is 1.56 bits per heavy atom. The minimum Gasteiger partial charge on any atom is -0.336 e. The molecule has 2 rings (SSSR count). The lowest BCUT2D eigenvalue weighted by molar-refractivity contribution is 0.0746. The minimum atomic E-state index is -0.296. The van der Waals surface area contributed by atoms with Crippen molar-refractivity contribution in [3.8, 4) is 0 Å². The van der Waals surface area contributed by atoms with Crippen molar-refractivity contribution >= 4 is 28.5 Å². The van der Waals surface area contributed by atoms with Crippen LogP contribution in [0.5, 0.6) is 0 Å². The summed E-state index contributed by atoms with van der Waals surface area (Å²) < 4.78 is 13.6. The van der Waals surface area contributed by atoms with Crippen LogP contribution in [0, 0.1) is 9.39 Å². The zero-order chi connectivity index (χ0) is 11.7. The third kappa shape index (κ3) is 2.21. The molecule has 2 nitrogen and oxygen atoms in total. The summed E-state index contributed by atoms with van der Waals surface area (Å²) in [6.07, 6.45) is 2.12. The van der Waals surface area contributed by atoms with Crippen molar-refractivity contribution in [1.29, 1.82) is 0 Å². The molecule has 1 fully saturated rings. The maximum Gasteiger partial charge on any atom is 0.255 e. The molecule has 0 bridgehead atoms. The molecule has 16 heavy (non-hydrogen) atoms. The third-order valence-corrected chi connectivity index (χ3v) is 3.87. The predicted octanol–water partition coefficient (Wildman–Crippen LogP) is 3.05. The Kier molecular flexibility index (Phi) is 3.47. The second-order valence-corrected chi connectivity index (χ2v) is 5.28. The fourth-order valence-electron chi connectivity index (χ4n) is 2.05. The monoisotopic (exact) mass is 333 g/mol. The SMILES string of the molecule is CC1CCCN1C(=O)c1ccc(F)cc1I. The number of carbonyl (C=O) groups is 1. The molecule has 1 saturated heterocycles. The highest BCUT2D eigenvalue weighted by Crippen LogP contribution is 2.22. The molecule has 1 atom stereocenters. The maximum absolute atomic E-state index is 12.9. The number of amides is 1. The van der Waals surface area contributed by atoms with Gasteiger partial charge >= 0.3 is 0 Å². The van der Waals surface area contributed by atoms with Crippen LogP contribution >= 0.6 is 22.6 Å². The van der Waals surface area contributed by atoms with E-state index < -0.39 is 0 Å². The van der Waals surface area contributed by atoms with Crippen molar-refractivity contribution in [3.63, 3.8) is 0 Å². The first kappa shape index (κ1) is 11.8. The lowest BCUT2D eigenvalue weighted by Gasteiger charge is -2.22. The van der Waals surface area contributed by atoms with Crippen LogP contribution in [-0.4, -0.2) is 23.4 Å². The summed E-state index contributed by atoms with van der Waals surface area (Å²) >= 11 is 2.01. The van der Waals surface area contributed by atoms with Crippen LogP contribution < -0.4 is 0 Å². The van der Waals surface area contributed by atoms with E-state index in [1.807, 2.05) is 27.5 Å². The molecule has 1 aliphatic heterocycles. The number of hydrogen-bond acceptors (Lipinski definition) is 1. The van der Waals surface area contributed by atoms with E-state index in [1.54, 1.807) is 6.07 Å². The van der Waals surface area contributed by atoms with Crippen LogP contribution in [0.15, 0.2) is 18.2 Å². The van der Waals surface area contributed by atoms with Gasteiger partial charge in [-0.3, -0.25) is 4.79 Å². The fourth-order valence-corrected chi connectivity index (χ4v) is 2.76. The summed E-state index contributed by atoms with van der Waals surface area (Å²) in [4.78, 5) is 14.1. The summed E-state index contributed by atoms with van der Waals surface area (Å²) in [6.45, 7) is 2.87. The lowest BCUT2D eigenvalue weighted by Crippen LogP contribution is -2.34. The molecule has 1 heterocycles. The number of benzene rings is 1. The van der Waals surface area contributed by atoms with Crippen LogP contribution in [0.2, 0.25) is 0 Å². The second kappa shape index (κ2) is 4.69. The smallest absolute Gasteiger partial charge is 0.255 e. The minimum absolute atomic E-state index is 0.0226. The summed E-state index contributed by atoms with van der Waals surface area (Å²) in [5.41, 5.74) is 0.607. The zero-order valence-electron chi connectivity index (χ0n) is 9.04. The number of carbonyl (C=O) groups excluding carboxylic acids is 1. The molecule has 1 unspecified atom stereocenters. The van der Waals surface area contributed by atoms with Gasteiger partial charge in [0.25, 0.3) is 5.91 Å². The standard InChI is InChI=1S/C12H13FINO/c1-8-3-2-6-15(8)12(16)10-5-4-9(13)7-11(10)14/h4-5,7-8H,2-3,6H2,1H3. The van der Waals surface area contributed by atoms with E-state index in [1.165, 1.54) is 12.1 Å². The highest BCUT2D eigenvalue weighted by molar-refractivity contribution is 14.1. The molecule has 1 amide bonds. The van der Waals surface area contributed by atoms with Crippen molar-refractivity contribution in [3.05, 3.63) is 33.1 Å². The Balaban J connectivity index is 2.27. The molecule has 4 heteroatoms. The molecule has 0 spiro atoms. The van der Waals surface area contributed by atoms with Crippen LogP contribution in [0.3, 0.4) is 0 Å². The van der Waals surface area contributed by atoms with Crippen molar-refractivity contribution in [2.45, 2.75) is 25.8 Å². The molecule has 0 N–H and O–H groups in total. The van der Waals surface area contributed by atoms with E-state index >= 15 is 0 Å². The summed E-state index contributed by atoms with van der Waals surface area (Å²) in [7, 11) is 0. The van der Waals surface area contributed by atoms with Gasteiger partial charge in [0, 0.05) is 16.2 Å².